The fourth-order valence-electron chi connectivity index (χ4n) is 2.49. The first-order chi connectivity index (χ1) is 7.83. The molecule has 0 N–H and O–H groups in total. The molecule has 0 saturated carbocycles. The molecule has 0 aromatic heterocycles. The van der Waals surface area contributed by atoms with E-state index in [9.17, 15) is 21.6 Å². The van der Waals surface area contributed by atoms with Crippen LogP contribution in [0.4, 0.5) is 0 Å². The van der Waals surface area contributed by atoms with Gasteiger partial charge in [0.15, 0.2) is 19.7 Å². The van der Waals surface area contributed by atoms with Crippen LogP contribution < -0.4 is 0 Å². The van der Waals surface area contributed by atoms with Crippen molar-refractivity contribution in [1.82, 2.24) is 4.90 Å². The maximum absolute atomic E-state index is 11.3. The fourth-order valence-corrected chi connectivity index (χ4v) is 5.94. The van der Waals surface area contributed by atoms with E-state index in [0.717, 1.165) is 0 Å². The lowest BCUT2D eigenvalue weighted by molar-refractivity contribution is -0.121. The van der Waals surface area contributed by atoms with Crippen LogP contribution in [-0.4, -0.2) is 63.2 Å². The summed E-state index contributed by atoms with van der Waals surface area (Å²) in [6, 6.07) is -0.702. The van der Waals surface area contributed by atoms with Gasteiger partial charge in [-0.3, -0.25) is 4.79 Å². The Morgan fingerprint density at radius 2 is 1.29 bits per heavy atom. The SMILES string of the molecule is O=CN([C@H]1CCS(=O)(=O)C1)[C@H]1CCS(=O)(=O)C1. The van der Waals surface area contributed by atoms with Crippen LogP contribution in [0.15, 0.2) is 0 Å². The summed E-state index contributed by atoms with van der Waals surface area (Å²) in [5.74, 6) is 0.0908. The van der Waals surface area contributed by atoms with Gasteiger partial charge in [0.25, 0.3) is 0 Å². The fraction of sp³-hybridized carbons (Fsp3) is 0.889. The second-order valence-electron chi connectivity index (χ2n) is 4.67. The molecule has 2 rings (SSSR count). The number of hydrogen-bond donors (Lipinski definition) is 0. The molecule has 0 spiro atoms. The predicted molar refractivity (Wildman–Crippen MR) is 62.0 cm³/mol. The summed E-state index contributed by atoms with van der Waals surface area (Å²) < 4.78 is 45.4. The highest BCUT2D eigenvalue weighted by atomic mass is 32.2. The monoisotopic (exact) mass is 281 g/mol. The van der Waals surface area contributed by atoms with Crippen LogP contribution in [0.3, 0.4) is 0 Å². The van der Waals surface area contributed by atoms with E-state index in [-0.39, 0.29) is 35.1 Å². The summed E-state index contributed by atoms with van der Waals surface area (Å²) in [5, 5.41) is 0. The summed E-state index contributed by atoms with van der Waals surface area (Å²) in [6.07, 6.45) is 1.42. The number of amides is 1. The number of carbonyl (C=O) groups is 1. The van der Waals surface area contributed by atoms with Gasteiger partial charge >= 0.3 is 0 Å². The number of carbonyl (C=O) groups excluding carboxylic acids is 1. The van der Waals surface area contributed by atoms with Gasteiger partial charge in [0.05, 0.1) is 23.0 Å². The molecule has 98 valence electrons. The van der Waals surface area contributed by atoms with Crippen LogP contribution in [0.2, 0.25) is 0 Å². The zero-order valence-electron chi connectivity index (χ0n) is 9.28. The van der Waals surface area contributed by atoms with Gasteiger partial charge in [-0.25, -0.2) is 16.8 Å². The number of nitrogens with zero attached hydrogens (tertiary/aromatic N) is 1. The Bertz CT molecular complexity index is 466. The van der Waals surface area contributed by atoms with Gasteiger partial charge in [-0.2, -0.15) is 0 Å². The minimum atomic E-state index is -3.06. The van der Waals surface area contributed by atoms with Crippen molar-refractivity contribution in [1.29, 1.82) is 0 Å². The Morgan fingerprint density at radius 1 is 0.882 bits per heavy atom. The molecule has 0 radical (unpaired) electrons. The summed E-state index contributed by atoms with van der Waals surface area (Å²) in [6.45, 7) is 0. The molecule has 2 aliphatic heterocycles. The van der Waals surface area contributed by atoms with Gasteiger partial charge in [0.1, 0.15) is 0 Å². The lowest BCUT2D eigenvalue weighted by atomic mass is 10.1. The summed E-state index contributed by atoms with van der Waals surface area (Å²) in [5.41, 5.74) is 0. The van der Waals surface area contributed by atoms with Gasteiger partial charge in [-0.15, -0.1) is 0 Å². The number of sulfone groups is 2. The highest BCUT2D eigenvalue weighted by Gasteiger charge is 2.39. The average Bonchev–Trinajstić information content (AvgIpc) is 2.72. The Balaban J connectivity index is 2.11. The molecule has 2 fully saturated rings. The van der Waals surface area contributed by atoms with Crippen LogP contribution in [0.5, 0.6) is 0 Å². The molecule has 1 amide bonds. The van der Waals surface area contributed by atoms with Crippen LogP contribution in [-0.2, 0) is 24.5 Å². The minimum Gasteiger partial charge on any atom is -0.337 e. The van der Waals surface area contributed by atoms with Crippen LogP contribution in [0.25, 0.3) is 0 Å². The van der Waals surface area contributed by atoms with E-state index in [1.165, 1.54) is 4.90 Å². The predicted octanol–water partition coefficient (Wildman–Crippen LogP) is -1.18. The third-order valence-electron chi connectivity index (χ3n) is 3.38. The molecule has 2 saturated heterocycles. The zero-order valence-corrected chi connectivity index (χ0v) is 10.9. The van der Waals surface area contributed by atoms with Crippen molar-refractivity contribution in [3.05, 3.63) is 0 Å². The van der Waals surface area contributed by atoms with E-state index in [1.54, 1.807) is 0 Å². The van der Waals surface area contributed by atoms with E-state index in [0.29, 0.717) is 19.3 Å². The summed E-state index contributed by atoms with van der Waals surface area (Å²) in [4.78, 5) is 12.4. The maximum Gasteiger partial charge on any atom is 0.210 e. The standard InChI is InChI=1S/C9H15NO5S2/c11-7-10(8-1-3-16(12,13)5-8)9-2-4-17(14,15)6-9/h7-9H,1-6H2/t8-,9-/m0/s1. The highest BCUT2D eigenvalue weighted by Crippen LogP contribution is 2.24. The van der Waals surface area contributed by atoms with Crippen molar-refractivity contribution in [3.8, 4) is 0 Å². The van der Waals surface area contributed by atoms with Gasteiger partial charge in [-0.1, -0.05) is 0 Å². The van der Waals surface area contributed by atoms with E-state index in [4.69, 9.17) is 0 Å². The second kappa shape index (κ2) is 4.24. The van der Waals surface area contributed by atoms with Gasteiger partial charge in [-0.05, 0) is 12.8 Å². The largest absolute Gasteiger partial charge is 0.337 e. The Labute approximate surface area is 101 Å². The van der Waals surface area contributed by atoms with Crippen molar-refractivity contribution < 1.29 is 21.6 Å². The first kappa shape index (κ1) is 12.8. The van der Waals surface area contributed by atoms with Crippen molar-refractivity contribution in [2.45, 2.75) is 24.9 Å². The molecule has 0 aliphatic carbocycles. The first-order valence-corrected chi connectivity index (χ1v) is 9.11. The first-order valence-electron chi connectivity index (χ1n) is 5.46. The van der Waals surface area contributed by atoms with Crippen molar-refractivity contribution in [3.63, 3.8) is 0 Å². The van der Waals surface area contributed by atoms with Crippen molar-refractivity contribution in [2.75, 3.05) is 23.0 Å². The molecule has 0 aromatic rings. The summed E-state index contributed by atoms with van der Waals surface area (Å²) >= 11 is 0. The van der Waals surface area contributed by atoms with Crippen molar-refractivity contribution in [2.24, 2.45) is 0 Å². The van der Waals surface area contributed by atoms with Gasteiger partial charge < -0.3 is 4.90 Å². The molecule has 17 heavy (non-hydrogen) atoms. The van der Waals surface area contributed by atoms with Gasteiger partial charge in [0.2, 0.25) is 6.41 Å². The van der Waals surface area contributed by atoms with E-state index < -0.39 is 19.7 Å². The molecule has 2 aliphatic rings. The molecule has 0 bridgehead atoms. The smallest absolute Gasteiger partial charge is 0.210 e. The minimum absolute atomic E-state index is 0.0394. The molecule has 6 nitrogen and oxygen atoms in total. The van der Waals surface area contributed by atoms with E-state index in [1.807, 2.05) is 0 Å². The molecule has 2 heterocycles. The zero-order chi connectivity index (χ0) is 12.7. The molecule has 2 atom stereocenters. The average molecular weight is 281 g/mol. The quantitative estimate of drug-likeness (QED) is 0.607. The van der Waals surface area contributed by atoms with Crippen LogP contribution in [0.1, 0.15) is 12.8 Å². The Hall–Kier alpha value is -0.630. The normalized spacial score (nSPS) is 34.6. The van der Waals surface area contributed by atoms with Crippen LogP contribution in [0, 0.1) is 0 Å². The lowest BCUT2D eigenvalue weighted by Crippen LogP contribution is -2.43. The van der Waals surface area contributed by atoms with E-state index in [2.05, 4.69) is 0 Å². The van der Waals surface area contributed by atoms with Crippen molar-refractivity contribution >= 4 is 26.1 Å². The lowest BCUT2D eigenvalue weighted by Gasteiger charge is -2.29. The Kier molecular flexibility index (Phi) is 3.19. The Morgan fingerprint density at radius 3 is 1.53 bits per heavy atom. The second-order valence-corrected chi connectivity index (χ2v) is 9.12. The molecule has 0 aromatic carbocycles. The van der Waals surface area contributed by atoms with Gasteiger partial charge in [0, 0.05) is 12.1 Å². The third kappa shape index (κ3) is 2.79. The maximum atomic E-state index is 11.3. The molecule has 8 heteroatoms. The third-order valence-corrected chi connectivity index (χ3v) is 6.88. The number of rotatable bonds is 3. The summed E-state index contributed by atoms with van der Waals surface area (Å²) in [7, 11) is -6.12. The molecular weight excluding hydrogens is 266 g/mol. The van der Waals surface area contributed by atoms with E-state index >= 15 is 0 Å². The molecule has 0 unspecified atom stereocenters. The van der Waals surface area contributed by atoms with Crippen LogP contribution >= 0.6 is 0 Å². The topological polar surface area (TPSA) is 88.6 Å². The number of hydrogen-bond acceptors (Lipinski definition) is 5. The highest BCUT2D eigenvalue weighted by molar-refractivity contribution is 7.92. The molecular formula is C9H15NO5S2.